The molecule has 0 spiro atoms. The minimum Gasteiger partial charge on any atom is -0.457 e. The first-order valence-corrected chi connectivity index (χ1v) is 10.2. The second-order valence-corrected chi connectivity index (χ2v) is 7.11. The van der Waals surface area contributed by atoms with Gasteiger partial charge in [-0.2, -0.15) is 0 Å². The molecule has 0 saturated heterocycles. The highest BCUT2D eigenvalue weighted by Gasteiger charge is 2.14. The van der Waals surface area contributed by atoms with E-state index in [0.29, 0.717) is 17.3 Å². The number of amides is 2. The fourth-order valence-corrected chi connectivity index (χ4v) is 2.88. The standard InChI is InChI=1S/C25H20F2N2O5/c26-18-8-11-20(21(27)14-18)25(33)28-13-12-23(31)34-15-22(30)16-6-9-19(10-7-16)29-24(32)17-4-2-1-3-5-17/h1-11,14H,12-13,15H2,(H,28,33)(H,29,32). The van der Waals surface area contributed by atoms with E-state index in [1.54, 1.807) is 42.5 Å². The van der Waals surface area contributed by atoms with Gasteiger partial charge in [-0.05, 0) is 48.5 Å². The molecule has 2 N–H and O–H groups in total. The number of ether oxygens (including phenoxy) is 1. The van der Waals surface area contributed by atoms with Crippen LogP contribution in [0.15, 0.2) is 72.8 Å². The van der Waals surface area contributed by atoms with Crippen molar-refractivity contribution in [3.8, 4) is 0 Å². The summed E-state index contributed by atoms with van der Waals surface area (Å²) in [6.45, 7) is -0.659. The molecule has 0 heterocycles. The monoisotopic (exact) mass is 466 g/mol. The molecule has 0 fully saturated rings. The lowest BCUT2D eigenvalue weighted by molar-refractivity contribution is -0.142. The number of nitrogens with one attached hydrogen (secondary N) is 2. The zero-order chi connectivity index (χ0) is 24.5. The molecule has 3 aromatic rings. The minimum atomic E-state index is -1.02. The van der Waals surface area contributed by atoms with Crippen molar-refractivity contribution < 1.29 is 32.7 Å². The van der Waals surface area contributed by atoms with Crippen LogP contribution >= 0.6 is 0 Å². The Labute approximate surface area is 193 Å². The van der Waals surface area contributed by atoms with Gasteiger partial charge in [0, 0.05) is 29.4 Å². The first kappa shape index (κ1) is 24.2. The zero-order valence-corrected chi connectivity index (χ0v) is 17.8. The molecule has 0 aliphatic heterocycles. The Morgan fingerprint density at radius 3 is 2.18 bits per heavy atom. The summed E-state index contributed by atoms with van der Waals surface area (Å²) in [5.74, 6) is -4.11. The molecule has 3 aromatic carbocycles. The summed E-state index contributed by atoms with van der Waals surface area (Å²) < 4.78 is 31.4. The second-order valence-electron chi connectivity index (χ2n) is 7.11. The van der Waals surface area contributed by atoms with Gasteiger partial charge in [0.2, 0.25) is 0 Å². The summed E-state index contributed by atoms with van der Waals surface area (Å²) in [5, 5.41) is 5.03. The molecule has 0 aliphatic rings. The Hall–Kier alpha value is -4.40. The number of anilines is 1. The average molecular weight is 466 g/mol. The fraction of sp³-hybridized carbons (Fsp3) is 0.120. The number of esters is 1. The van der Waals surface area contributed by atoms with Gasteiger partial charge in [0.1, 0.15) is 11.6 Å². The van der Waals surface area contributed by atoms with Gasteiger partial charge in [0.15, 0.2) is 12.4 Å². The lowest BCUT2D eigenvalue weighted by Gasteiger charge is -2.08. The summed E-state index contributed by atoms with van der Waals surface area (Å²) in [6, 6.07) is 17.3. The maximum absolute atomic E-state index is 13.6. The highest BCUT2D eigenvalue weighted by atomic mass is 19.1. The number of carbonyl (C=O) groups is 4. The Bertz CT molecular complexity index is 1200. The number of halogens is 2. The lowest BCUT2D eigenvalue weighted by atomic mass is 10.1. The topological polar surface area (TPSA) is 102 Å². The summed E-state index contributed by atoms with van der Waals surface area (Å²) in [7, 11) is 0. The van der Waals surface area contributed by atoms with Crippen LogP contribution in [0.2, 0.25) is 0 Å². The first-order chi connectivity index (χ1) is 16.3. The molecule has 0 aliphatic carbocycles. The molecule has 9 heteroatoms. The molecule has 0 aromatic heterocycles. The van der Waals surface area contributed by atoms with Crippen LogP contribution in [0, 0.1) is 11.6 Å². The van der Waals surface area contributed by atoms with Crippen molar-refractivity contribution in [1.29, 1.82) is 0 Å². The average Bonchev–Trinajstić information content (AvgIpc) is 2.83. The van der Waals surface area contributed by atoms with E-state index in [4.69, 9.17) is 4.74 Å². The van der Waals surface area contributed by atoms with Crippen molar-refractivity contribution in [3.63, 3.8) is 0 Å². The van der Waals surface area contributed by atoms with Crippen LogP contribution in [-0.2, 0) is 9.53 Å². The zero-order valence-electron chi connectivity index (χ0n) is 17.8. The van der Waals surface area contributed by atoms with Crippen molar-refractivity contribution in [3.05, 3.63) is 101 Å². The molecule has 3 rings (SSSR count). The Balaban J connectivity index is 1.41. The number of hydrogen-bond donors (Lipinski definition) is 2. The molecular weight excluding hydrogens is 446 g/mol. The van der Waals surface area contributed by atoms with E-state index >= 15 is 0 Å². The number of Topliss-reactive ketones (excluding diaryl/α,β-unsaturated/α-hetero) is 1. The van der Waals surface area contributed by atoms with Crippen molar-refractivity contribution >= 4 is 29.3 Å². The number of carbonyl (C=O) groups excluding carboxylic acids is 4. The molecule has 0 unspecified atom stereocenters. The Kier molecular flexibility index (Phi) is 8.17. The van der Waals surface area contributed by atoms with Crippen molar-refractivity contribution in [1.82, 2.24) is 5.32 Å². The summed E-state index contributed by atoms with van der Waals surface area (Å²) in [5.41, 5.74) is 0.920. The number of rotatable bonds is 9. The van der Waals surface area contributed by atoms with Gasteiger partial charge in [0.05, 0.1) is 12.0 Å². The van der Waals surface area contributed by atoms with Crippen molar-refractivity contribution in [2.45, 2.75) is 6.42 Å². The van der Waals surface area contributed by atoms with Crippen LogP contribution in [0.4, 0.5) is 14.5 Å². The number of ketones is 1. The third-order valence-electron chi connectivity index (χ3n) is 4.66. The number of hydrogen-bond acceptors (Lipinski definition) is 5. The van der Waals surface area contributed by atoms with Crippen LogP contribution < -0.4 is 10.6 Å². The predicted molar refractivity (Wildman–Crippen MR) is 119 cm³/mol. The van der Waals surface area contributed by atoms with Gasteiger partial charge in [-0.15, -0.1) is 0 Å². The van der Waals surface area contributed by atoms with E-state index in [0.717, 1.165) is 12.1 Å². The summed E-state index contributed by atoms with van der Waals surface area (Å²) in [6.07, 6.45) is -0.244. The first-order valence-electron chi connectivity index (χ1n) is 10.2. The molecule has 2 amide bonds. The maximum atomic E-state index is 13.6. The van der Waals surface area contributed by atoms with Crippen LogP contribution in [0.1, 0.15) is 37.5 Å². The predicted octanol–water partition coefficient (Wildman–Crippen LogP) is 3.76. The van der Waals surface area contributed by atoms with E-state index in [2.05, 4.69) is 10.6 Å². The molecule has 0 saturated carbocycles. The van der Waals surface area contributed by atoms with Crippen LogP contribution in [-0.4, -0.2) is 36.7 Å². The molecule has 7 nitrogen and oxygen atoms in total. The van der Waals surface area contributed by atoms with Gasteiger partial charge in [-0.25, -0.2) is 8.78 Å². The number of benzene rings is 3. The highest BCUT2D eigenvalue weighted by molar-refractivity contribution is 6.04. The normalized spacial score (nSPS) is 10.3. The third-order valence-corrected chi connectivity index (χ3v) is 4.66. The van der Waals surface area contributed by atoms with Crippen molar-refractivity contribution in [2.24, 2.45) is 0 Å². The highest BCUT2D eigenvalue weighted by Crippen LogP contribution is 2.13. The quantitative estimate of drug-likeness (QED) is 0.369. The second kappa shape index (κ2) is 11.5. The molecule has 174 valence electrons. The minimum absolute atomic E-state index is 0.154. The van der Waals surface area contributed by atoms with E-state index in [-0.39, 0.29) is 30.0 Å². The van der Waals surface area contributed by atoms with E-state index in [1.807, 2.05) is 0 Å². The van der Waals surface area contributed by atoms with Crippen LogP contribution in [0.3, 0.4) is 0 Å². The largest absolute Gasteiger partial charge is 0.457 e. The Morgan fingerprint density at radius 1 is 0.794 bits per heavy atom. The molecule has 0 bridgehead atoms. The summed E-state index contributed by atoms with van der Waals surface area (Å²) in [4.78, 5) is 48.1. The molecule has 0 radical (unpaired) electrons. The van der Waals surface area contributed by atoms with Crippen LogP contribution in [0.25, 0.3) is 0 Å². The van der Waals surface area contributed by atoms with E-state index in [1.165, 1.54) is 12.1 Å². The van der Waals surface area contributed by atoms with Crippen molar-refractivity contribution in [2.75, 3.05) is 18.5 Å². The van der Waals surface area contributed by atoms with E-state index < -0.39 is 35.9 Å². The smallest absolute Gasteiger partial charge is 0.308 e. The molecule has 0 atom stereocenters. The van der Waals surface area contributed by atoms with Gasteiger partial charge < -0.3 is 15.4 Å². The van der Waals surface area contributed by atoms with Gasteiger partial charge in [0.25, 0.3) is 11.8 Å². The van der Waals surface area contributed by atoms with Gasteiger partial charge in [-0.1, -0.05) is 18.2 Å². The Morgan fingerprint density at radius 2 is 1.50 bits per heavy atom. The lowest BCUT2D eigenvalue weighted by Crippen LogP contribution is -2.27. The van der Waals surface area contributed by atoms with Gasteiger partial charge >= 0.3 is 5.97 Å². The summed E-state index contributed by atoms with van der Waals surface area (Å²) >= 11 is 0. The molecule has 34 heavy (non-hydrogen) atoms. The van der Waals surface area contributed by atoms with E-state index in [9.17, 15) is 28.0 Å². The third kappa shape index (κ3) is 6.80. The SMILES string of the molecule is O=C(CCNC(=O)c1ccc(F)cc1F)OCC(=O)c1ccc(NC(=O)c2ccccc2)cc1. The maximum Gasteiger partial charge on any atom is 0.308 e. The van der Waals surface area contributed by atoms with Crippen LogP contribution in [0.5, 0.6) is 0 Å². The van der Waals surface area contributed by atoms with Gasteiger partial charge in [-0.3, -0.25) is 19.2 Å². The fourth-order valence-electron chi connectivity index (χ4n) is 2.88. The molecular formula is C25H20F2N2O5.